The molecule has 0 bridgehead atoms. The maximum absolute atomic E-state index is 2.49. The van der Waals surface area contributed by atoms with Crippen molar-refractivity contribution in [1.82, 2.24) is 0 Å². The second-order valence-corrected chi connectivity index (χ2v) is 4.54. The van der Waals surface area contributed by atoms with Crippen LogP contribution in [0, 0.1) is 18.3 Å². The second-order valence-electron chi connectivity index (χ2n) is 4.54. The molecule has 0 aromatic heterocycles. The third kappa shape index (κ3) is 3.54. The molecule has 0 nitrogen and oxygen atoms in total. The Morgan fingerprint density at radius 3 is 2.77 bits per heavy atom. The molecule has 0 heterocycles. The molecule has 75 valence electrons. The third-order valence-electron chi connectivity index (χ3n) is 3.18. The minimum Gasteiger partial charge on any atom is -0.0850 e. The first kappa shape index (κ1) is 10.8. The first-order valence-corrected chi connectivity index (χ1v) is 5.73. The molecule has 0 fully saturated rings. The second kappa shape index (κ2) is 5.47. The fourth-order valence-corrected chi connectivity index (χ4v) is 2.03. The zero-order valence-corrected chi connectivity index (χ0v) is 9.34. The van der Waals surface area contributed by atoms with Crippen LogP contribution in [-0.4, -0.2) is 0 Å². The Labute approximate surface area is 83.4 Å². The summed E-state index contributed by atoms with van der Waals surface area (Å²) in [7, 11) is 0. The Kier molecular flexibility index (Phi) is 4.55. The number of rotatable bonds is 4. The molecular formula is C13H23. The fraction of sp³-hybridized carbons (Fsp3) is 0.769. The predicted octanol–water partition coefficient (Wildman–Crippen LogP) is 4.37. The minimum absolute atomic E-state index is 0.868. The van der Waals surface area contributed by atoms with Gasteiger partial charge in [0.25, 0.3) is 0 Å². The molecule has 0 saturated carbocycles. The summed E-state index contributed by atoms with van der Waals surface area (Å²) in [5, 5.41) is 0. The summed E-state index contributed by atoms with van der Waals surface area (Å²) in [5.74, 6) is 1.82. The standard InChI is InChI=1S/C13H23/c1-4-5-6-12-7-9-13(10-8-12)11(2)3/h5,7,11,13H,4,6,8-10H2,1-3H3. The Morgan fingerprint density at radius 1 is 1.54 bits per heavy atom. The van der Waals surface area contributed by atoms with Crippen LogP contribution in [0.15, 0.2) is 11.6 Å². The third-order valence-corrected chi connectivity index (χ3v) is 3.18. The van der Waals surface area contributed by atoms with Crippen LogP contribution in [0.2, 0.25) is 0 Å². The zero-order chi connectivity index (χ0) is 9.68. The van der Waals surface area contributed by atoms with Crippen molar-refractivity contribution in [3.8, 4) is 0 Å². The fourth-order valence-electron chi connectivity index (χ4n) is 2.03. The summed E-state index contributed by atoms with van der Waals surface area (Å²) in [6.45, 7) is 6.92. The van der Waals surface area contributed by atoms with E-state index in [-0.39, 0.29) is 0 Å². The van der Waals surface area contributed by atoms with E-state index in [9.17, 15) is 0 Å². The highest BCUT2D eigenvalue weighted by atomic mass is 14.2. The molecule has 0 aromatic rings. The summed E-state index contributed by atoms with van der Waals surface area (Å²) < 4.78 is 0. The predicted molar refractivity (Wildman–Crippen MR) is 59.5 cm³/mol. The highest BCUT2D eigenvalue weighted by Crippen LogP contribution is 2.30. The maximum atomic E-state index is 2.49. The van der Waals surface area contributed by atoms with Crippen LogP contribution >= 0.6 is 0 Å². The van der Waals surface area contributed by atoms with E-state index in [0.717, 1.165) is 11.8 Å². The first-order chi connectivity index (χ1) is 6.24. The average Bonchev–Trinajstić information content (AvgIpc) is 2.15. The van der Waals surface area contributed by atoms with Crippen molar-refractivity contribution in [1.29, 1.82) is 0 Å². The van der Waals surface area contributed by atoms with Gasteiger partial charge in [0.1, 0.15) is 0 Å². The van der Waals surface area contributed by atoms with Gasteiger partial charge in [-0.1, -0.05) is 38.8 Å². The number of allylic oxidation sites excluding steroid dienone is 2. The Bertz CT molecular complexity index is 165. The van der Waals surface area contributed by atoms with Gasteiger partial charge in [-0.25, -0.2) is 0 Å². The molecule has 1 rings (SSSR count). The molecule has 1 aliphatic carbocycles. The van der Waals surface area contributed by atoms with Gasteiger partial charge in [-0.15, -0.1) is 0 Å². The van der Waals surface area contributed by atoms with E-state index >= 15 is 0 Å². The van der Waals surface area contributed by atoms with Crippen LogP contribution in [0.5, 0.6) is 0 Å². The summed E-state index contributed by atoms with van der Waals surface area (Å²) in [6, 6.07) is 0. The zero-order valence-electron chi connectivity index (χ0n) is 9.34. The monoisotopic (exact) mass is 179 g/mol. The van der Waals surface area contributed by atoms with Gasteiger partial charge in [-0.2, -0.15) is 0 Å². The van der Waals surface area contributed by atoms with Crippen molar-refractivity contribution in [2.75, 3.05) is 0 Å². The molecule has 0 amide bonds. The average molecular weight is 179 g/mol. The Balaban J connectivity index is 2.30. The van der Waals surface area contributed by atoms with E-state index in [1.807, 2.05) is 0 Å². The number of unbranched alkanes of at least 4 members (excludes halogenated alkanes) is 1. The summed E-state index contributed by atoms with van der Waals surface area (Å²) >= 11 is 0. The molecule has 0 aromatic carbocycles. The van der Waals surface area contributed by atoms with Gasteiger partial charge in [0.15, 0.2) is 0 Å². The van der Waals surface area contributed by atoms with Crippen molar-refractivity contribution < 1.29 is 0 Å². The lowest BCUT2D eigenvalue weighted by Crippen LogP contribution is -2.11. The van der Waals surface area contributed by atoms with Crippen molar-refractivity contribution in [3.63, 3.8) is 0 Å². The molecule has 1 radical (unpaired) electrons. The smallest absolute Gasteiger partial charge is 0.0289 e. The van der Waals surface area contributed by atoms with Crippen LogP contribution in [-0.2, 0) is 0 Å². The summed E-state index contributed by atoms with van der Waals surface area (Å²) in [5.41, 5.74) is 1.68. The Morgan fingerprint density at radius 2 is 2.31 bits per heavy atom. The summed E-state index contributed by atoms with van der Waals surface area (Å²) in [4.78, 5) is 0. The van der Waals surface area contributed by atoms with Gasteiger partial charge in [-0.3, -0.25) is 0 Å². The lowest BCUT2D eigenvalue weighted by Gasteiger charge is -2.24. The molecule has 0 aliphatic heterocycles. The van der Waals surface area contributed by atoms with Crippen LogP contribution < -0.4 is 0 Å². The van der Waals surface area contributed by atoms with E-state index in [1.54, 1.807) is 5.57 Å². The van der Waals surface area contributed by atoms with Gasteiger partial charge >= 0.3 is 0 Å². The van der Waals surface area contributed by atoms with Crippen LogP contribution in [0.1, 0.15) is 52.9 Å². The van der Waals surface area contributed by atoms with E-state index in [2.05, 4.69) is 33.3 Å². The minimum atomic E-state index is 0.868. The summed E-state index contributed by atoms with van der Waals surface area (Å²) in [6.07, 6.45) is 11.4. The largest absolute Gasteiger partial charge is 0.0850 e. The van der Waals surface area contributed by atoms with Gasteiger partial charge in [0.2, 0.25) is 0 Å². The van der Waals surface area contributed by atoms with Gasteiger partial charge in [0.05, 0.1) is 0 Å². The van der Waals surface area contributed by atoms with Crippen molar-refractivity contribution in [2.45, 2.75) is 52.9 Å². The maximum Gasteiger partial charge on any atom is -0.0289 e. The molecule has 1 unspecified atom stereocenters. The first-order valence-electron chi connectivity index (χ1n) is 5.73. The quantitative estimate of drug-likeness (QED) is 0.562. The normalized spacial score (nSPS) is 23.4. The topological polar surface area (TPSA) is 0 Å². The highest BCUT2D eigenvalue weighted by Gasteiger charge is 2.16. The van der Waals surface area contributed by atoms with Gasteiger partial charge in [0, 0.05) is 0 Å². The molecule has 0 spiro atoms. The molecule has 1 aliphatic rings. The molecule has 0 N–H and O–H groups in total. The number of hydrogen-bond donors (Lipinski definition) is 0. The van der Waals surface area contributed by atoms with Crippen molar-refractivity contribution in [3.05, 3.63) is 18.1 Å². The van der Waals surface area contributed by atoms with Crippen molar-refractivity contribution >= 4 is 0 Å². The number of hydrogen-bond acceptors (Lipinski definition) is 0. The van der Waals surface area contributed by atoms with Crippen molar-refractivity contribution in [2.24, 2.45) is 11.8 Å². The lowest BCUT2D eigenvalue weighted by molar-refractivity contribution is 0.349. The van der Waals surface area contributed by atoms with E-state index < -0.39 is 0 Å². The lowest BCUT2D eigenvalue weighted by atomic mass is 9.81. The highest BCUT2D eigenvalue weighted by molar-refractivity contribution is 5.09. The van der Waals surface area contributed by atoms with Crippen LogP contribution in [0.4, 0.5) is 0 Å². The van der Waals surface area contributed by atoms with Crippen LogP contribution in [0.25, 0.3) is 0 Å². The van der Waals surface area contributed by atoms with Crippen LogP contribution in [0.3, 0.4) is 0 Å². The van der Waals surface area contributed by atoms with E-state index in [0.29, 0.717) is 0 Å². The van der Waals surface area contributed by atoms with E-state index in [4.69, 9.17) is 0 Å². The van der Waals surface area contributed by atoms with Gasteiger partial charge < -0.3 is 0 Å². The molecule has 0 saturated heterocycles. The van der Waals surface area contributed by atoms with E-state index in [1.165, 1.54) is 32.1 Å². The SMILES string of the molecule is CC[CH]CC1=CCC(C(C)C)CC1. The van der Waals surface area contributed by atoms with Gasteiger partial charge in [-0.05, 0) is 43.9 Å². The molecular weight excluding hydrogens is 156 g/mol. The molecule has 1 atom stereocenters. The molecule has 13 heavy (non-hydrogen) atoms. The Hall–Kier alpha value is -0.260. The molecule has 0 heteroatoms.